The Balaban J connectivity index is 1.20. The van der Waals surface area contributed by atoms with Crippen molar-refractivity contribution in [3.05, 3.63) is 172 Å². The van der Waals surface area contributed by atoms with Crippen LogP contribution in [0.1, 0.15) is 38.9 Å². The average molecular weight is 671 g/mol. The summed E-state index contributed by atoms with van der Waals surface area (Å²) >= 11 is 0. The summed E-state index contributed by atoms with van der Waals surface area (Å²) in [5.41, 5.74) is 5.04. The Morgan fingerprint density at radius 1 is 0.660 bits per heavy atom. The first-order valence-corrected chi connectivity index (χ1v) is 17.2. The van der Waals surface area contributed by atoms with Crippen molar-refractivity contribution in [2.75, 3.05) is 13.7 Å². The first kappa shape index (κ1) is 32.8. The molecule has 0 amide bonds. The number of methoxy groups -OCH3 is 1. The number of rotatable bonds is 14. The predicted molar refractivity (Wildman–Crippen MR) is 188 cm³/mol. The number of hydrogen-bond donors (Lipinski definition) is 1. The van der Waals surface area contributed by atoms with E-state index in [0.717, 1.165) is 44.7 Å². The molecule has 6 unspecified atom stereocenters. The molecule has 6 atom stereocenters. The maximum Gasteiger partial charge on any atom is 0.226 e. The molecule has 3 saturated heterocycles. The molecule has 4 bridgehead atoms. The van der Waals surface area contributed by atoms with E-state index in [2.05, 4.69) is 31.2 Å². The Morgan fingerprint density at radius 2 is 1.24 bits per heavy atom. The van der Waals surface area contributed by atoms with Crippen molar-refractivity contribution in [1.82, 2.24) is 0 Å². The van der Waals surface area contributed by atoms with Gasteiger partial charge in [-0.05, 0) is 64.9 Å². The topological polar surface area (TPSA) is 75.6 Å². The van der Waals surface area contributed by atoms with Crippen LogP contribution >= 0.6 is 0 Å². The first-order valence-electron chi connectivity index (χ1n) is 17.2. The molecular formula is C43H42O7. The molecule has 0 aromatic heterocycles. The molecule has 7 nitrogen and oxygen atoms in total. The predicted octanol–water partition coefficient (Wildman–Crippen LogP) is 7.05. The van der Waals surface area contributed by atoms with E-state index >= 15 is 0 Å². The highest BCUT2D eigenvalue weighted by atomic mass is 16.8. The zero-order valence-corrected chi connectivity index (χ0v) is 28.4. The lowest BCUT2D eigenvalue weighted by Gasteiger charge is -2.52. The summed E-state index contributed by atoms with van der Waals surface area (Å²) in [5, 5.41) is 11.2. The van der Waals surface area contributed by atoms with E-state index in [9.17, 15) is 5.11 Å². The monoisotopic (exact) mass is 670 g/mol. The SMILES string of the molecule is COc1ccc(Cc2cc(C34OC5C(CO)(O3)C5(OCc3ccccc3)C(OCc3ccccc3)C4OCc3ccccc3)ccc2C)cc1. The van der Waals surface area contributed by atoms with Crippen molar-refractivity contribution < 1.29 is 33.5 Å². The minimum Gasteiger partial charge on any atom is -0.497 e. The van der Waals surface area contributed by atoms with Crippen molar-refractivity contribution in [2.45, 2.75) is 68.5 Å². The van der Waals surface area contributed by atoms with E-state index in [4.69, 9.17) is 28.4 Å². The third-order valence-electron chi connectivity index (χ3n) is 10.5. The lowest BCUT2D eigenvalue weighted by atomic mass is 9.84. The third kappa shape index (κ3) is 5.55. The highest BCUT2D eigenvalue weighted by Crippen LogP contribution is 2.73. The standard InChI is InChI=1S/C43H42O7/c1-30-18-21-36(25-35(30)24-31-19-22-37(45-2)23-20-31)43-39(47-27-33-14-8-4-9-15-33)38(46-26-32-12-6-3-7-13-32)42(40(49-43)41(42,29-44)50-43)48-28-34-16-10-5-11-17-34/h3-23,25,38-40,44H,24,26-29H2,1-2H3. The zero-order chi connectivity index (χ0) is 34.2. The summed E-state index contributed by atoms with van der Waals surface area (Å²) in [7, 11) is 1.67. The fourth-order valence-corrected chi connectivity index (χ4v) is 7.75. The van der Waals surface area contributed by atoms with Gasteiger partial charge in [-0.1, -0.05) is 115 Å². The van der Waals surface area contributed by atoms with Gasteiger partial charge in [-0.25, -0.2) is 0 Å². The third-order valence-corrected chi connectivity index (χ3v) is 10.5. The molecule has 3 heterocycles. The van der Waals surface area contributed by atoms with Gasteiger partial charge in [-0.15, -0.1) is 0 Å². The summed E-state index contributed by atoms with van der Waals surface area (Å²) < 4.78 is 40.2. The van der Waals surface area contributed by atoms with Crippen LogP contribution in [-0.2, 0) is 55.7 Å². The number of fused-ring (bicyclic) bond motifs is 1. The summed E-state index contributed by atoms with van der Waals surface area (Å²) in [6, 6.07) is 44.6. The van der Waals surface area contributed by atoms with Crippen LogP contribution in [0, 0.1) is 6.92 Å². The summed E-state index contributed by atoms with van der Waals surface area (Å²) in [5.74, 6) is -0.538. The van der Waals surface area contributed by atoms with Crippen molar-refractivity contribution in [2.24, 2.45) is 0 Å². The highest BCUT2D eigenvalue weighted by Gasteiger charge is 2.96. The summed E-state index contributed by atoms with van der Waals surface area (Å²) in [6.07, 6.45) is -1.24. The molecule has 4 aliphatic rings. The van der Waals surface area contributed by atoms with Gasteiger partial charge in [0.1, 0.15) is 24.1 Å². The number of benzene rings is 5. The minimum absolute atomic E-state index is 0.296. The van der Waals surface area contributed by atoms with Gasteiger partial charge < -0.3 is 33.5 Å². The Hall–Kier alpha value is -4.34. The molecule has 256 valence electrons. The van der Waals surface area contributed by atoms with Gasteiger partial charge in [0.15, 0.2) is 11.2 Å². The molecule has 5 aromatic carbocycles. The Labute approximate surface area is 293 Å². The Bertz CT molecular complexity index is 1900. The normalized spacial score (nSPS) is 27.6. The quantitative estimate of drug-likeness (QED) is 0.136. The van der Waals surface area contributed by atoms with Crippen molar-refractivity contribution in [1.29, 1.82) is 0 Å². The van der Waals surface area contributed by atoms with Crippen LogP contribution in [0.5, 0.6) is 5.75 Å². The number of aryl methyl sites for hydroxylation is 1. The van der Waals surface area contributed by atoms with E-state index in [1.807, 2.05) is 109 Å². The van der Waals surface area contributed by atoms with Crippen molar-refractivity contribution in [3.63, 3.8) is 0 Å². The van der Waals surface area contributed by atoms with Crippen LogP contribution in [-0.4, -0.2) is 48.3 Å². The minimum atomic E-state index is -1.36. The molecule has 50 heavy (non-hydrogen) atoms. The molecular weight excluding hydrogens is 628 g/mol. The van der Waals surface area contributed by atoms with Gasteiger partial charge in [0.05, 0.1) is 33.5 Å². The van der Waals surface area contributed by atoms with Gasteiger partial charge in [0.2, 0.25) is 5.79 Å². The van der Waals surface area contributed by atoms with E-state index < -0.39 is 35.3 Å². The molecule has 0 radical (unpaired) electrons. The van der Waals surface area contributed by atoms with E-state index in [1.165, 1.54) is 0 Å². The van der Waals surface area contributed by atoms with Gasteiger partial charge in [-0.3, -0.25) is 0 Å². The molecule has 5 aromatic rings. The van der Waals surface area contributed by atoms with E-state index in [0.29, 0.717) is 26.2 Å². The van der Waals surface area contributed by atoms with Crippen molar-refractivity contribution >= 4 is 0 Å². The number of ether oxygens (including phenoxy) is 6. The smallest absolute Gasteiger partial charge is 0.226 e. The summed E-state index contributed by atoms with van der Waals surface area (Å²) in [4.78, 5) is 0. The van der Waals surface area contributed by atoms with Crippen LogP contribution in [0.25, 0.3) is 0 Å². The Morgan fingerprint density at radius 3 is 1.80 bits per heavy atom. The van der Waals surface area contributed by atoms with Gasteiger partial charge in [0.25, 0.3) is 0 Å². The molecule has 1 N–H and O–H groups in total. The van der Waals surface area contributed by atoms with Crippen LogP contribution in [0.15, 0.2) is 133 Å². The second-order valence-corrected chi connectivity index (χ2v) is 13.5. The lowest BCUT2D eigenvalue weighted by Crippen LogP contribution is -2.67. The molecule has 1 aliphatic carbocycles. The van der Waals surface area contributed by atoms with Crippen LogP contribution in [0.3, 0.4) is 0 Å². The maximum absolute atomic E-state index is 11.2. The van der Waals surface area contributed by atoms with Gasteiger partial charge >= 0.3 is 0 Å². The molecule has 4 fully saturated rings. The number of aliphatic hydroxyl groups is 1. The lowest BCUT2D eigenvalue weighted by molar-refractivity contribution is -0.389. The molecule has 9 rings (SSSR count). The van der Waals surface area contributed by atoms with Crippen LogP contribution in [0.2, 0.25) is 0 Å². The van der Waals surface area contributed by atoms with Gasteiger partial charge in [0, 0.05) is 5.56 Å². The number of hydrogen-bond acceptors (Lipinski definition) is 7. The van der Waals surface area contributed by atoms with E-state index in [-0.39, 0.29) is 6.61 Å². The molecule has 0 spiro atoms. The fraction of sp³-hybridized carbons (Fsp3) is 0.302. The Kier molecular flexibility index (Phi) is 8.81. The second-order valence-electron chi connectivity index (χ2n) is 13.5. The van der Waals surface area contributed by atoms with Crippen LogP contribution < -0.4 is 4.74 Å². The fourth-order valence-electron chi connectivity index (χ4n) is 7.75. The highest BCUT2D eigenvalue weighted by molar-refractivity contribution is 5.47. The average Bonchev–Trinajstić information content (AvgIpc) is 3.55. The first-order chi connectivity index (χ1) is 24.5. The summed E-state index contributed by atoms with van der Waals surface area (Å²) in [6.45, 7) is 2.75. The molecule has 3 aliphatic heterocycles. The van der Waals surface area contributed by atoms with Gasteiger partial charge in [-0.2, -0.15) is 0 Å². The largest absolute Gasteiger partial charge is 0.497 e. The molecule has 1 saturated carbocycles. The molecule has 7 heteroatoms. The number of aliphatic hydroxyl groups excluding tert-OH is 1. The van der Waals surface area contributed by atoms with E-state index in [1.54, 1.807) is 7.11 Å². The van der Waals surface area contributed by atoms with Crippen LogP contribution in [0.4, 0.5) is 0 Å². The van der Waals surface area contributed by atoms with Crippen molar-refractivity contribution in [3.8, 4) is 5.75 Å². The second kappa shape index (κ2) is 13.4. The maximum atomic E-state index is 11.2. The zero-order valence-electron chi connectivity index (χ0n) is 28.4.